The largest absolute Gasteiger partial charge is 0.480 e. The highest BCUT2D eigenvalue weighted by Crippen LogP contribution is 2.23. The molecule has 0 amide bonds. The van der Waals surface area contributed by atoms with Crippen molar-refractivity contribution in [1.29, 1.82) is 0 Å². The van der Waals surface area contributed by atoms with Crippen LogP contribution in [0.5, 0.6) is 0 Å². The third-order valence-electron chi connectivity index (χ3n) is 3.19. The molecule has 0 fully saturated rings. The first kappa shape index (κ1) is 15.9. The molecule has 0 aliphatic carbocycles. The van der Waals surface area contributed by atoms with E-state index in [0.717, 1.165) is 10.0 Å². The van der Waals surface area contributed by atoms with Crippen molar-refractivity contribution < 1.29 is 9.90 Å². The van der Waals surface area contributed by atoms with E-state index < -0.39 is 11.5 Å². The maximum absolute atomic E-state index is 11.7. The predicted octanol–water partition coefficient (Wildman–Crippen LogP) is 4.60. The van der Waals surface area contributed by atoms with Crippen molar-refractivity contribution in [2.24, 2.45) is 0 Å². The summed E-state index contributed by atoms with van der Waals surface area (Å²) in [6.45, 7) is 1.66. The minimum Gasteiger partial charge on any atom is -0.480 e. The molecule has 5 heteroatoms. The highest BCUT2D eigenvalue weighted by Gasteiger charge is 2.33. The summed E-state index contributed by atoms with van der Waals surface area (Å²) in [5.41, 5.74) is 0.514. The molecule has 0 heterocycles. The number of aliphatic carboxylic acids is 1. The van der Waals surface area contributed by atoms with E-state index in [1.165, 1.54) is 0 Å². The summed E-state index contributed by atoms with van der Waals surface area (Å²) in [7, 11) is 0. The molecular formula is C16H15BrClNO2. The Kier molecular flexibility index (Phi) is 4.91. The van der Waals surface area contributed by atoms with Crippen LogP contribution in [0.25, 0.3) is 0 Å². The zero-order chi connectivity index (χ0) is 15.5. The van der Waals surface area contributed by atoms with Crippen LogP contribution in [0.2, 0.25) is 5.02 Å². The van der Waals surface area contributed by atoms with Crippen LogP contribution in [0.1, 0.15) is 12.5 Å². The Balaban J connectivity index is 2.23. The standard InChI is InChI=1S/C16H15BrClNO2/c1-16(15(20)21,10-11-5-7-12(17)8-6-11)19-14-4-2-3-13(18)9-14/h2-9,19H,10H2,1H3,(H,20,21). The van der Waals surface area contributed by atoms with Gasteiger partial charge in [0.1, 0.15) is 5.54 Å². The lowest BCUT2D eigenvalue weighted by Crippen LogP contribution is -2.45. The Labute approximate surface area is 137 Å². The highest BCUT2D eigenvalue weighted by atomic mass is 79.9. The van der Waals surface area contributed by atoms with Crippen LogP contribution in [0.3, 0.4) is 0 Å². The van der Waals surface area contributed by atoms with E-state index in [0.29, 0.717) is 17.1 Å². The van der Waals surface area contributed by atoms with Gasteiger partial charge in [-0.2, -0.15) is 0 Å². The van der Waals surface area contributed by atoms with E-state index in [4.69, 9.17) is 11.6 Å². The van der Waals surface area contributed by atoms with Gasteiger partial charge < -0.3 is 10.4 Å². The summed E-state index contributed by atoms with van der Waals surface area (Å²) in [5.74, 6) is -0.912. The third kappa shape index (κ3) is 4.22. The van der Waals surface area contributed by atoms with Gasteiger partial charge in [-0.05, 0) is 42.8 Å². The van der Waals surface area contributed by atoms with Crippen LogP contribution in [0, 0.1) is 0 Å². The molecule has 2 aromatic carbocycles. The molecule has 2 N–H and O–H groups in total. The zero-order valence-corrected chi connectivity index (χ0v) is 13.8. The van der Waals surface area contributed by atoms with Crippen LogP contribution in [0.15, 0.2) is 53.0 Å². The summed E-state index contributed by atoms with van der Waals surface area (Å²) in [4.78, 5) is 11.7. The quantitative estimate of drug-likeness (QED) is 0.811. The van der Waals surface area contributed by atoms with Crippen LogP contribution >= 0.6 is 27.5 Å². The maximum Gasteiger partial charge on any atom is 0.329 e. The summed E-state index contributed by atoms with van der Waals surface area (Å²) >= 11 is 9.31. The first-order chi connectivity index (χ1) is 9.89. The van der Waals surface area contributed by atoms with Gasteiger partial charge in [0.05, 0.1) is 0 Å². The maximum atomic E-state index is 11.7. The first-order valence-corrected chi connectivity index (χ1v) is 7.58. The minimum absolute atomic E-state index is 0.363. The van der Waals surface area contributed by atoms with Crippen LogP contribution in [-0.2, 0) is 11.2 Å². The van der Waals surface area contributed by atoms with Gasteiger partial charge >= 0.3 is 5.97 Å². The van der Waals surface area contributed by atoms with Gasteiger partial charge in [-0.1, -0.05) is 45.7 Å². The number of rotatable bonds is 5. The average Bonchev–Trinajstić information content (AvgIpc) is 2.41. The van der Waals surface area contributed by atoms with E-state index in [1.807, 2.05) is 24.3 Å². The second-order valence-corrected chi connectivity index (χ2v) is 6.43. The molecule has 2 rings (SSSR count). The summed E-state index contributed by atoms with van der Waals surface area (Å²) in [5, 5.41) is 13.2. The molecular weight excluding hydrogens is 354 g/mol. The average molecular weight is 369 g/mol. The lowest BCUT2D eigenvalue weighted by Gasteiger charge is -2.27. The number of carboxylic acid groups (broad SMARTS) is 1. The SMILES string of the molecule is CC(Cc1ccc(Br)cc1)(Nc1cccc(Cl)c1)C(=O)O. The van der Waals surface area contributed by atoms with Crippen LogP contribution < -0.4 is 5.32 Å². The lowest BCUT2D eigenvalue weighted by atomic mass is 9.92. The normalized spacial score (nSPS) is 13.5. The van der Waals surface area contributed by atoms with Crippen molar-refractivity contribution in [3.63, 3.8) is 0 Å². The minimum atomic E-state index is -1.11. The van der Waals surface area contributed by atoms with Gasteiger partial charge in [0, 0.05) is 21.6 Å². The van der Waals surface area contributed by atoms with Crippen LogP contribution in [0.4, 0.5) is 5.69 Å². The van der Waals surface area contributed by atoms with Gasteiger partial charge in [0.25, 0.3) is 0 Å². The van der Waals surface area contributed by atoms with Crippen molar-refractivity contribution in [1.82, 2.24) is 0 Å². The van der Waals surface area contributed by atoms with E-state index in [1.54, 1.807) is 31.2 Å². The molecule has 0 spiro atoms. The molecule has 1 unspecified atom stereocenters. The predicted molar refractivity (Wildman–Crippen MR) is 89.0 cm³/mol. The van der Waals surface area contributed by atoms with Crippen molar-refractivity contribution in [3.8, 4) is 0 Å². The fraction of sp³-hybridized carbons (Fsp3) is 0.188. The van der Waals surface area contributed by atoms with Gasteiger partial charge in [-0.25, -0.2) is 4.79 Å². The molecule has 0 saturated carbocycles. The second kappa shape index (κ2) is 6.50. The van der Waals surface area contributed by atoms with Crippen LogP contribution in [-0.4, -0.2) is 16.6 Å². The number of hydrogen-bond donors (Lipinski definition) is 2. The number of anilines is 1. The molecule has 0 aliphatic rings. The Bertz CT molecular complexity index is 645. The Morgan fingerprint density at radius 3 is 2.52 bits per heavy atom. The summed E-state index contributed by atoms with van der Waals surface area (Å²) < 4.78 is 0.964. The molecule has 0 aliphatic heterocycles. The first-order valence-electron chi connectivity index (χ1n) is 6.41. The lowest BCUT2D eigenvalue weighted by molar-refractivity contribution is -0.141. The molecule has 2 aromatic rings. The molecule has 110 valence electrons. The molecule has 0 aromatic heterocycles. The van der Waals surface area contributed by atoms with Gasteiger partial charge in [-0.3, -0.25) is 0 Å². The fourth-order valence-corrected chi connectivity index (χ4v) is 2.52. The molecule has 0 radical (unpaired) electrons. The number of hydrogen-bond acceptors (Lipinski definition) is 2. The van der Waals surface area contributed by atoms with Crippen molar-refractivity contribution in [2.45, 2.75) is 18.9 Å². The Morgan fingerprint density at radius 2 is 1.95 bits per heavy atom. The van der Waals surface area contributed by atoms with Gasteiger partial charge in [-0.15, -0.1) is 0 Å². The van der Waals surface area contributed by atoms with E-state index >= 15 is 0 Å². The zero-order valence-electron chi connectivity index (χ0n) is 11.4. The molecule has 0 saturated heterocycles. The number of benzene rings is 2. The molecule has 1 atom stereocenters. The summed E-state index contributed by atoms with van der Waals surface area (Å²) in [6.07, 6.45) is 0.363. The van der Waals surface area contributed by atoms with E-state index in [9.17, 15) is 9.90 Å². The van der Waals surface area contributed by atoms with Crippen molar-refractivity contribution >= 4 is 39.2 Å². The molecule has 21 heavy (non-hydrogen) atoms. The molecule has 0 bridgehead atoms. The Hall–Kier alpha value is -1.52. The number of nitrogens with one attached hydrogen (secondary N) is 1. The molecule has 3 nitrogen and oxygen atoms in total. The highest BCUT2D eigenvalue weighted by molar-refractivity contribution is 9.10. The Morgan fingerprint density at radius 1 is 1.29 bits per heavy atom. The second-order valence-electron chi connectivity index (χ2n) is 5.08. The van der Waals surface area contributed by atoms with E-state index in [-0.39, 0.29) is 0 Å². The number of carbonyl (C=O) groups is 1. The van der Waals surface area contributed by atoms with Crippen molar-refractivity contribution in [2.75, 3.05) is 5.32 Å². The topological polar surface area (TPSA) is 49.3 Å². The summed E-state index contributed by atoms with van der Waals surface area (Å²) in [6, 6.07) is 14.7. The fourth-order valence-electron chi connectivity index (χ4n) is 2.07. The van der Waals surface area contributed by atoms with Crippen molar-refractivity contribution in [3.05, 3.63) is 63.6 Å². The van der Waals surface area contributed by atoms with Gasteiger partial charge in [0.2, 0.25) is 0 Å². The van der Waals surface area contributed by atoms with Gasteiger partial charge in [0.15, 0.2) is 0 Å². The number of halogens is 2. The third-order valence-corrected chi connectivity index (χ3v) is 3.95. The smallest absolute Gasteiger partial charge is 0.329 e. The number of carboxylic acids is 1. The van der Waals surface area contributed by atoms with E-state index in [2.05, 4.69) is 21.2 Å². The monoisotopic (exact) mass is 367 g/mol.